The molecule has 0 spiro atoms. The predicted molar refractivity (Wildman–Crippen MR) is 69.0 cm³/mol. The van der Waals surface area contributed by atoms with Crippen LogP contribution in [0, 0.1) is 12.7 Å². The Morgan fingerprint density at radius 2 is 2.17 bits per heavy atom. The molecule has 1 aromatic heterocycles. The van der Waals surface area contributed by atoms with Gasteiger partial charge in [-0.15, -0.1) is 0 Å². The summed E-state index contributed by atoms with van der Waals surface area (Å²) in [6, 6.07) is 8.15. The van der Waals surface area contributed by atoms with Gasteiger partial charge in [-0.05, 0) is 36.2 Å². The molecule has 2 nitrogen and oxygen atoms in total. The Hall–Kier alpha value is -1.45. The van der Waals surface area contributed by atoms with Crippen molar-refractivity contribution in [3.63, 3.8) is 0 Å². The van der Waals surface area contributed by atoms with E-state index in [1.54, 1.807) is 12.3 Å². The summed E-state index contributed by atoms with van der Waals surface area (Å²) in [4.78, 5) is 4.16. The second kappa shape index (κ2) is 5.46. The van der Waals surface area contributed by atoms with Crippen LogP contribution in [0.15, 0.2) is 36.5 Å². The average Bonchev–Trinajstić information content (AvgIpc) is 2.34. The lowest BCUT2D eigenvalue weighted by Crippen LogP contribution is -2.06. The third-order valence-corrected chi connectivity index (χ3v) is 3.07. The van der Waals surface area contributed by atoms with Crippen molar-refractivity contribution < 1.29 is 9.50 Å². The van der Waals surface area contributed by atoms with Crippen LogP contribution in [0.25, 0.3) is 0 Å². The highest BCUT2D eigenvalue weighted by molar-refractivity contribution is 6.30. The van der Waals surface area contributed by atoms with Crippen LogP contribution in [-0.2, 0) is 6.42 Å². The van der Waals surface area contributed by atoms with Crippen molar-refractivity contribution in [2.45, 2.75) is 19.4 Å². The minimum Gasteiger partial charge on any atom is -0.386 e. The fraction of sp³-hybridized carbons (Fsp3) is 0.214. The van der Waals surface area contributed by atoms with Gasteiger partial charge in [-0.25, -0.2) is 4.39 Å². The lowest BCUT2D eigenvalue weighted by Gasteiger charge is -2.12. The lowest BCUT2D eigenvalue weighted by atomic mass is 10.0. The monoisotopic (exact) mass is 265 g/mol. The third-order valence-electron chi connectivity index (χ3n) is 2.78. The summed E-state index contributed by atoms with van der Waals surface area (Å²) < 4.78 is 13.0. The Bertz CT molecular complexity index is 559. The van der Waals surface area contributed by atoms with Crippen molar-refractivity contribution >= 4 is 11.6 Å². The van der Waals surface area contributed by atoms with Crippen molar-refractivity contribution in [3.8, 4) is 0 Å². The van der Waals surface area contributed by atoms with Crippen LogP contribution in [0.1, 0.15) is 22.9 Å². The summed E-state index contributed by atoms with van der Waals surface area (Å²) in [5.41, 5.74) is 2.34. The highest BCUT2D eigenvalue weighted by atomic mass is 35.5. The van der Waals surface area contributed by atoms with Crippen LogP contribution < -0.4 is 0 Å². The number of nitrogens with zero attached hydrogens (tertiary/aromatic N) is 1. The zero-order valence-corrected chi connectivity index (χ0v) is 10.7. The molecular formula is C14H13ClFNO. The first-order chi connectivity index (χ1) is 8.58. The summed E-state index contributed by atoms with van der Waals surface area (Å²) in [6.07, 6.45) is 1.29. The average molecular weight is 266 g/mol. The summed E-state index contributed by atoms with van der Waals surface area (Å²) in [7, 11) is 0. The summed E-state index contributed by atoms with van der Waals surface area (Å²) >= 11 is 5.70. The third kappa shape index (κ3) is 2.86. The molecule has 0 radical (unpaired) electrons. The van der Waals surface area contributed by atoms with Crippen molar-refractivity contribution in [2.75, 3.05) is 0 Å². The quantitative estimate of drug-likeness (QED) is 0.922. The van der Waals surface area contributed by atoms with Crippen LogP contribution >= 0.6 is 11.6 Å². The van der Waals surface area contributed by atoms with E-state index in [2.05, 4.69) is 4.98 Å². The number of aryl methyl sites for hydroxylation is 1. The number of pyridine rings is 1. The van der Waals surface area contributed by atoms with E-state index in [0.29, 0.717) is 12.1 Å². The Morgan fingerprint density at radius 1 is 1.39 bits per heavy atom. The van der Waals surface area contributed by atoms with Gasteiger partial charge in [-0.1, -0.05) is 23.7 Å². The highest BCUT2D eigenvalue weighted by Crippen LogP contribution is 2.22. The lowest BCUT2D eigenvalue weighted by molar-refractivity contribution is 0.173. The standard InChI is InChI=1S/C14H13ClFNO/c1-9-3-2-6-17-14(9)13(18)8-10-4-5-12(16)11(15)7-10/h2-7,13,18H,8H2,1H3. The zero-order chi connectivity index (χ0) is 13.1. The maximum Gasteiger partial charge on any atom is 0.141 e. The Labute approximate surface area is 110 Å². The first-order valence-electron chi connectivity index (χ1n) is 5.61. The number of aliphatic hydroxyl groups is 1. The molecule has 0 aliphatic heterocycles. The first kappa shape index (κ1) is 13.0. The molecule has 94 valence electrons. The molecule has 0 bridgehead atoms. The van der Waals surface area contributed by atoms with E-state index in [1.165, 1.54) is 12.1 Å². The number of aliphatic hydroxyl groups excluding tert-OH is 1. The normalized spacial score (nSPS) is 12.4. The van der Waals surface area contributed by atoms with E-state index in [-0.39, 0.29) is 5.02 Å². The molecule has 0 aliphatic carbocycles. The van der Waals surface area contributed by atoms with E-state index in [9.17, 15) is 9.50 Å². The number of rotatable bonds is 3. The second-order valence-corrected chi connectivity index (χ2v) is 4.58. The molecule has 2 aromatic rings. The first-order valence-corrected chi connectivity index (χ1v) is 5.99. The zero-order valence-electron chi connectivity index (χ0n) is 9.90. The van der Waals surface area contributed by atoms with Crippen LogP contribution in [0.4, 0.5) is 4.39 Å². The van der Waals surface area contributed by atoms with Crippen molar-refractivity contribution in [1.29, 1.82) is 0 Å². The van der Waals surface area contributed by atoms with Gasteiger partial charge < -0.3 is 5.11 Å². The number of aromatic nitrogens is 1. The topological polar surface area (TPSA) is 33.1 Å². The van der Waals surface area contributed by atoms with Gasteiger partial charge in [0.15, 0.2) is 0 Å². The van der Waals surface area contributed by atoms with Crippen LogP contribution in [0.5, 0.6) is 0 Å². The van der Waals surface area contributed by atoms with E-state index < -0.39 is 11.9 Å². The van der Waals surface area contributed by atoms with Crippen molar-refractivity contribution in [3.05, 3.63) is 64.2 Å². The molecule has 0 amide bonds. The van der Waals surface area contributed by atoms with Crippen LogP contribution in [-0.4, -0.2) is 10.1 Å². The minimum absolute atomic E-state index is 0.0671. The second-order valence-electron chi connectivity index (χ2n) is 4.17. The Morgan fingerprint density at radius 3 is 2.83 bits per heavy atom. The van der Waals surface area contributed by atoms with Gasteiger partial charge in [0, 0.05) is 12.6 Å². The minimum atomic E-state index is -0.715. The maximum absolute atomic E-state index is 13.0. The van der Waals surface area contributed by atoms with Gasteiger partial charge in [0.05, 0.1) is 10.7 Å². The van der Waals surface area contributed by atoms with Crippen LogP contribution in [0.3, 0.4) is 0 Å². The van der Waals surface area contributed by atoms with E-state index in [4.69, 9.17) is 11.6 Å². The molecule has 0 fully saturated rings. The Kier molecular flexibility index (Phi) is 3.94. The molecule has 0 saturated heterocycles. The predicted octanol–water partition coefficient (Wildman–Crippen LogP) is 3.46. The molecule has 1 atom stereocenters. The number of halogens is 2. The summed E-state index contributed by atoms with van der Waals surface area (Å²) in [5, 5.41) is 10.2. The molecule has 1 aromatic carbocycles. The molecule has 0 aliphatic rings. The number of hydrogen-bond donors (Lipinski definition) is 1. The van der Waals surface area contributed by atoms with Gasteiger partial charge in [0.1, 0.15) is 11.9 Å². The molecule has 2 rings (SSSR count). The number of benzene rings is 1. The van der Waals surface area contributed by atoms with Crippen molar-refractivity contribution in [2.24, 2.45) is 0 Å². The van der Waals surface area contributed by atoms with E-state index in [0.717, 1.165) is 11.1 Å². The summed E-state index contributed by atoms with van der Waals surface area (Å²) in [5.74, 6) is -0.455. The molecule has 0 saturated carbocycles. The Balaban J connectivity index is 2.19. The van der Waals surface area contributed by atoms with Gasteiger partial charge in [0.25, 0.3) is 0 Å². The summed E-state index contributed by atoms with van der Waals surface area (Å²) in [6.45, 7) is 1.89. The molecular weight excluding hydrogens is 253 g/mol. The number of hydrogen-bond acceptors (Lipinski definition) is 2. The van der Waals surface area contributed by atoms with Gasteiger partial charge in [-0.2, -0.15) is 0 Å². The smallest absolute Gasteiger partial charge is 0.141 e. The SMILES string of the molecule is Cc1cccnc1C(O)Cc1ccc(F)c(Cl)c1. The van der Waals surface area contributed by atoms with Crippen molar-refractivity contribution in [1.82, 2.24) is 4.98 Å². The largest absolute Gasteiger partial charge is 0.386 e. The van der Waals surface area contributed by atoms with Crippen LogP contribution in [0.2, 0.25) is 5.02 Å². The molecule has 1 unspecified atom stereocenters. The molecule has 4 heteroatoms. The highest BCUT2D eigenvalue weighted by Gasteiger charge is 2.13. The molecule has 18 heavy (non-hydrogen) atoms. The van der Waals surface area contributed by atoms with E-state index >= 15 is 0 Å². The van der Waals surface area contributed by atoms with E-state index in [1.807, 2.05) is 19.1 Å². The molecule has 1 heterocycles. The molecule has 1 N–H and O–H groups in total. The fourth-order valence-electron chi connectivity index (χ4n) is 1.83. The van der Waals surface area contributed by atoms with Gasteiger partial charge in [-0.3, -0.25) is 4.98 Å². The maximum atomic E-state index is 13.0. The fourth-order valence-corrected chi connectivity index (χ4v) is 2.04. The van der Waals surface area contributed by atoms with Gasteiger partial charge in [0.2, 0.25) is 0 Å². The van der Waals surface area contributed by atoms with Gasteiger partial charge >= 0.3 is 0 Å².